The Bertz CT molecular complexity index is 156. The standard InChI is InChI=1S/C12H32O2Si3/c1-7-16(8-2,9-3)13-15-14-17(10-4,11-5)12-6/h7-12,15H2,1-6H3. The molecule has 0 rings (SSSR count). The lowest BCUT2D eigenvalue weighted by Crippen LogP contribution is -2.43. The van der Waals surface area contributed by atoms with Crippen LogP contribution < -0.4 is 0 Å². The number of rotatable bonds is 10. The summed E-state index contributed by atoms with van der Waals surface area (Å²) in [5, 5.41) is 0. The van der Waals surface area contributed by atoms with Crippen LogP contribution in [-0.2, 0) is 8.23 Å². The van der Waals surface area contributed by atoms with E-state index in [2.05, 4.69) is 41.5 Å². The second kappa shape index (κ2) is 8.63. The van der Waals surface area contributed by atoms with Crippen LogP contribution in [0.25, 0.3) is 0 Å². The van der Waals surface area contributed by atoms with Gasteiger partial charge in [0.25, 0.3) is 10.0 Å². The molecule has 0 aliphatic heterocycles. The van der Waals surface area contributed by atoms with E-state index in [-0.39, 0.29) is 0 Å². The molecule has 0 aliphatic rings. The van der Waals surface area contributed by atoms with E-state index >= 15 is 0 Å². The summed E-state index contributed by atoms with van der Waals surface area (Å²) in [5.41, 5.74) is 0. The lowest BCUT2D eigenvalue weighted by Gasteiger charge is -2.33. The quantitative estimate of drug-likeness (QED) is 0.566. The van der Waals surface area contributed by atoms with Gasteiger partial charge in [0.2, 0.25) is 0 Å². The molecule has 0 aromatic heterocycles. The van der Waals surface area contributed by atoms with Crippen molar-refractivity contribution in [3.8, 4) is 0 Å². The first kappa shape index (κ1) is 17.6. The monoisotopic (exact) mass is 292 g/mol. The molecule has 0 aliphatic carbocycles. The van der Waals surface area contributed by atoms with Gasteiger partial charge in [-0.05, 0) is 36.3 Å². The zero-order valence-corrected chi connectivity index (χ0v) is 16.2. The Morgan fingerprint density at radius 1 is 0.588 bits per heavy atom. The van der Waals surface area contributed by atoms with E-state index in [4.69, 9.17) is 8.23 Å². The third kappa shape index (κ3) is 4.98. The zero-order chi connectivity index (χ0) is 13.4. The van der Waals surface area contributed by atoms with Crippen molar-refractivity contribution in [2.45, 2.75) is 77.8 Å². The van der Waals surface area contributed by atoms with Gasteiger partial charge in [-0.15, -0.1) is 0 Å². The third-order valence-electron chi connectivity index (χ3n) is 4.60. The summed E-state index contributed by atoms with van der Waals surface area (Å²) in [6, 6.07) is 7.47. The Labute approximate surface area is 113 Å². The van der Waals surface area contributed by atoms with Gasteiger partial charge in [-0.3, -0.25) is 0 Å². The van der Waals surface area contributed by atoms with E-state index < -0.39 is 26.6 Å². The van der Waals surface area contributed by atoms with E-state index in [1.54, 1.807) is 0 Å². The first-order chi connectivity index (χ1) is 8.07. The van der Waals surface area contributed by atoms with E-state index in [0.717, 1.165) is 0 Å². The van der Waals surface area contributed by atoms with E-state index in [1.165, 1.54) is 36.3 Å². The fraction of sp³-hybridized carbons (Fsp3) is 1.00. The second-order valence-corrected chi connectivity index (χ2v) is 16.4. The summed E-state index contributed by atoms with van der Waals surface area (Å²) in [7, 11) is -3.53. The summed E-state index contributed by atoms with van der Waals surface area (Å²) in [6.45, 7) is 13.7. The van der Waals surface area contributed by atoms with E-state index in [1.807, 2.05) is 0 Å². The van der Waals surface area contributed by atoms with Gasteiger partial charge in [-0.1, -0.05) is 41.5 Å². The molecule has 0 amide bonds. The molecular weight excluding hydrogens is 260 g/mol. The van der Waals surface area contributed by atoms with Gasteiger partial charge in [0.1, 0.15) is 0 Å². The largest absolute Gasteiger partial charge is 0.440 e. The van der Waals surface area contributed by atoms with Crippen LogP contribution in [0.2, 0.25) is 36.3 Å². The Kier molecular flexibility index (Phi) is 8.92. The fourth-order valence-electron chi connectivity index (χ4n) is 2.39. The van der Waals surface area contributed by atoms with Gasteiger partial charge >= 0.3 is 0 Å². The van der Waals surface area contributed by atoms with Crippen LogP contribution in [0.4, 0.5) is 0 Å². The van der Waals surface area contributed by atoms with Crippen LogP contribution in [0.3, 0.4) is 0 Å². The highest BCUT2D eigenvalue weighted by Gasteiger charge is 2.32. The van der Waals surface area contributed by atoms with Crippen molar-refractivity contribution in [3.05, 3.63) is 0 Å². The molecule has 0 bridgehead atoms. The molecule has 0 unspecified atom stereocenters. The Morgan fingerprint density at radius 3 is 1.00 bits per heavy atom. The maximum Gasteiger partial charge on any atom is 0.283 e. The topological polar surface area (TPSA) is 18.5 Å². The van der Waals surface area contributed by atoms with Gasteiger partial charge in [-0.2, -0.15) is 0 Å². The molecule has 5 heteroatoms. The SMILES string of the molecule is CC[Si](CC)(CC)O[SiH2]O[Si](CC)(CC)CC. The van der Waals surface area contributed by atoms with Gasteiger partial charge in [-0.25, -0.2) is 0 Å². The van der Waals surface area contributed by atoms with Crippen molar-refractivity contribution >= 4 is 26.6 Å². The van der Waals surface area contributed by atoms with Crippen molar-refractivity contribution in [1.29, 1.82) is 0 Å². The van der Waals surface area contributed by atoms with Gasteiger partial charge in [0.15, 0.2) is 16.6 Å². The van der Waals surface area contributed by atoms with Crippen LogP contribution in [0.5, 0.6) is 0 Å². The molecule has 2 nitrogen and oxygen atoms in total. The Balaban J connectivity index is 4.28. The van der Waals surface area contributed by atoms with Crippen molar-refractivity contribution < 1.29 is 8.23 Å². The van der Waals surface area contributed by atoms with Gasteiger partial charge in [0, 0.05) is 0 Å². The smallest absolute Gasteiger partial charge is 0.283 e. The van der Waals surface area contributed by atoms with Crippen LogP contribution in [-0.4, -0.2) is 26.6 Å². The van der Waals surface area contributed by atoms with Crippen LogP contribution >= 0.6 is 0 Å². The van der Waals surface area contributed by atoms with Gasteiger partial charge in [0.05, 0.1) is 0 Å². The molecule has 0 spiro atoms. The summed E-state index contributed by atoms with van der Waals surface area (Å²) in [5.74, 6) is 0. The molecule has 17 heavy (non-hydrogen) atoms. The predicted molar refractivity (Wildman–Crippen MR) is 85.1 cm³/mol. The molecule has 0 aromatic rings. The lowest BCUT2D eigenvalue weighted by molar-refractivity contribution is 0.435. The molecule has 0 saturated heterocycles. The van der Waals surface area contributed by atoms with E-state index in [0.29, 0.717) is 0 Å². The van der Waals surface area contributed by atoms with Gasteiger partial charge < -0.3 is 8.23 Å². The number of hydrogen-bond donors (Lipinski definition) is 0. The first-order valence-corrected chi connectivity index (χ1v) is 13.6. The zero-order valence-electron chi connectivity index (χ0n) is 12.8. The third-order valence-corrected chi connectivity index (χ3v) is 18.2. The highest BCUT2D eigenvalue weighted by atomic mass is 28.4. The molecule has 0 fully saturated rings. The Morgan fingerprint density at radius 2 is 0.824 bits per heavy atom. The molecule has 0 aromatic carbocycles. The van der Waals surface area contributed by atoms with E-state index in [9.17, 15) is 0 Å². The minimum atomic E-state index is -1.40. The molecule has 0 radical (unpaired) electrons. The Hall–Kier alpha value is 0.571. The van der Waals surface area contributed by atoms with Crippen molar-refractivity contribution in [1.82, 2.24) is 0 Å². The summed E-state index contributed by atoms with van der Waals surface area (Å²) in [6.07, 6.45) is 0. The van der Waals surface area contributed by atoms with Crippen molar-refractivity contribution in [3.63, 3.8) is 0 Å². The molecule has 0 saturated carbocycles. The normalized spacial score (nSPS) is 13.1. The van der Waals surface area contributed by atoms with Crippen molar-refractivity contribution in [2.24, 2.45) is 0 Å². The average Bonchev–Trinajstić information content (AvgIpc) is 2.41. The average molecular weight is 293 g/mol. The van der Waals surface area contributed by atoms with Crippen molar-refractivity contribution in [2.75, 3.05) is 0 Å². The molecule has 0 N–H and O–H groups in total. The molecule has 0 atom stereocenters. The molecule has 104 valence electrons. The second-order valence-electron chi connectivity index (χ2n) is 4.89. The fourth-order valence-corrected chi connectivity index (χ4v) is 13.1. The van der Waals surface area contributed by atoms with Crippen LogP contribution in [0, 0.1) is 0 Å². The van der Waals surface area contributed by atoms with Crippen LogP contribution in [0.1, 0.15) is 41.5 Å². The molecule has 0 heterocycles. The number of hydrogen-bond acceptors (Lipinski definition) is 2. The highest BCUT2D eigenvalue weighted by molar-refractivity contribution is 6.80. The highest BCUT2D eigenvalue weighted by Crippen LogP contribution is 2.24. The summed E-state index contributed by atoms with van der Waals surface area (Å²) in [4.78, 5) is 0. The predicted octanol–water partition coefficient (Wildman–Crippen LogP) is 4.03. The minimum Gasteiger partial charge on any atom is -0.440 e. The summed E-state index contributed by atoms with van der Waals surface area (Å²) >= 11 is 0. The molecular formula is C12H32O2Si3. The maximum absolute atomic E-state index is 6.33. The van der Waals surface area contributed by atoms with Crippen LogP contribution in [0.15, 0.2) is 0 Å². The first-order valence-electron chi connectivity index (χ1n) is 7.35. The minimum absolute atomic E-state index is 0.739. The maximum atomic E-state index is 6.33. The lowest BCUT2D eigenvalue weighted by atomic mass is 10.9. The summed E-state index contributed by atoms with van der Waals surface area (Å²) < 4.78 is 12.7.